The number of nitrogens with one attached hydrogen (secondary N) is 2. The van der Waals surface area contributed by atoms with Crippen LogP contribution in [0.4, 0.5) is 0 Å². The minimum absolute atomic E-state index is 0.463. The molecule has 0 bridgehead atoms. The van der Waals surface area contributed by atoms with Gasteiger partial charge < -0.3 is 15.4 Å². The van der Waals surface area contributed by atoms with Gasteiger partial charge in [-0.05, 0) is 32.8 Å². The highest BCUT2D eigenvalue weighted by Crippen LogP contribution is 2.18. The van der Waals surface area contributed by atoms with Gasteiger partial charge in [-0.3, -0.25) is 0 Å². The molecule has 4 nitrogen and oxygen atoms in total. The first-order chi connectivity index (χ1) is 10.3. The van der Waals surface area contributed by atoms with E-state index in [-0.39, 0.29) is 0 Å². The Labute approximate surface area is 127 Å². The Kier molecular flexibility index (Phi) is 6.13. The van der Waals surface area contributed by atoms with Crippen LogP contribution in [-0.4, -0.2) is 25.2 Å². The number of nitrogens with zero attached hydrogens (tertiary/aromatic N) is 1. The van der Waals surface area contributed by atoms with Crippen LogP contribution in [0.15, 0.2) is 41.4 Å². The van der Waals surface area contributed by atoms with Crippen LogP contribution < -0.4 is 15.4 Å². The quantitative estimate of drug-likeness (QED) is 0.480. The van der Waals surface area contributed by atoms with E-state index in [1.165, 1.54) is 0 Å². The lowest BCUT2D eigenvalue weighted by atomic mass is 10.2. The third-order valence-corrected chi connectivity index (χ3v) is 3.37. The maximum Gasteiger partial charge on any atom is 0.191 e. The van der Waals surface area contributed by atoms with Gasteiger partial charge in [-0.25, -0.2) is 4.99 Å². The van der Waals surface area contributed by atoms with Crippen LogP contribution >= 0.6 is 0 Å². The van der Waals surface area contributed by atoms with Crippen LogP contribution in [0, 0.1) is 0 Å². The SMILES string of the molecule is CCNC(=NCc1ccccc1OCC)NC1CC=CC1. The van der Waals surface area contributed by atoms with E-state index in [2.05, 4.69) is 40.8 Å². The third kappa shape index (κ3) is 4.81. The van der Waals surface area contributed by atoms with E-state index in [9.17, 15) is 0 Å². The Morgan fingerprint density at radius 3 is 2.71 bits per heavy atom. The van der Waals surface area contributed by atoms with Crippen LogP contribution in [0.1, 0.15) is 32.3 Å². The van der Waals surface area contributed by atoms with Gasteiger partial charge in [0, 0.05) is 18.2 Å². The van der Waals surface area contributed by atoms with Gasteiger partial charge in [-0.1, -0.05) is 30.4 Å². The van der Waals surface area contributed by atoms with Crippen molar-refractivity contribution in [2.24, 2.45) is 4.99 Å². The first-order valence-corrected chi connectivity index (χ1v) is 7.74. The molecule has 1 aromatic carbocycles. The summed E-state index contributed by atoms with van der Waals surface area (Å²) >= 11 is 0. The lowest BCUT2D eigenvalue weighted by molar-refractivity contribution is 0.336. The van der Waals surface area contributed by atoms with E-state index in [4.69, 9.17) is 4.74 Å². The Morgan fingerprint density at radius 1 is 1.24 bits per heavy atom. The molecule has 0 spiro atoms. The minimum Gasteiger partial charge on any atom is -0.494 e. The van der Waals surface area contributed by atoms with Gasteiger partial charge in [0.2, 0.25) is 0 Å². The largest absolute Gasteiger partial charge is 0.494 e. The Balaban J connectivity index is 2.01. The number of ether oxygens (including phenoxy) is 1. The van der Waals surface area contributed by atoms with Crippen molar-refractivity contribution in [3.8, 4) is 5.75 Å². The van der Waals surface area contributed by atoms with Crippen molar-refractivity contribution < 1.29 is 4.74 Å². The first kappa shape index (κ1) is 15.4. The number of hydrogen-bond acceptors (Lipinski definition) is 2. The fourth-order valence-corrected chi connectivity index (χ4v) is 2.34. The molecule has 0 amide bonds. The summed E-state index contributed by atoms with van der Waals surface area (Å²) in [6, 6.07) is 8.54. The Bertz CT molecular complexity index is 489. The van der Waals surface area contributed by atoms with Crippen molar-refractivity contribution in [1.82, 2.24) is 10.6 Å². The van der Waals surface area contributed by atoms with Crippen LogP contribution in [0.3, 0.4) is 0 Å². The molecule has 0 saturated heterocycles. The molecule has 0 saturated carbocycles. The summed E-state index contributed by atoms with van der Waals surface area (Å²) in [5, 5.41) is 6.78. The van der Waals surface area contributed by atoms with Crippen LogP contribution in [0.25, 0.3) is 0 Å². The first-order valence-electron chi connectivity index (χ1n) is 7.74. The van der Waals surface area contributed by atoms with E-state index < -0.39 is 0 Å². The fraction of sp³-hybridized carbons (Fsp3) is 0.471. The molecule has 21 heavy (non-hydrogen) atoms. The lowest BCUT2D eigenvalue weighted by Gasteiger charge is -2.17. The fourth-order valence-electron chi connectivity index (χ4n) is 2.34. The minimum atomic E-state index is 0.463. The van der Waals surface area contributed by atoms with Gasteiger partial charge in [-0.2, -0.15) is 0 Å². The van der Waals surface area contributed by atoms with Gasteiger partial charge in [-0.15, -0.1) is 0 Å². The van der Waals surface area contributed by atoms with E-state index in [0.29, 0.717) is 19.2 Å². The van der Waals surface area contributed by atoms with Gasteiger partial charge in [0.25, 0.3) is 0 Å². The summed E-state index contributed by atoms with van der Waals surface area (Å²) in [6.45, 7) is 6.23. The maximum atomic E-state index is 5.64. The number of aliphatic imine (C=N–C) groups is 1. The number of benzene rings is 1. The average Bonchev–Trinajstić information content (AvgIpc) is 3.00. The second-order valence-corrected chi connectivity index (χ2v) is 5.02. The lowest BCUT2D eigenvalue weighted by Crippen LogP contribution is -2.42. The predicted molar refractivity (Wildman–Crippen MR) is 87.7 cm³/mol. The molecule has 0 aromatic heterocycles. The predicted octanol–water partition coefficient (Wildman–Crippen LogP) is 2.86. The molecular formula is C17H25N3O. The van der Waals surface area contributed by atoms with Crippen molar-refractivity contribution in [1.29, 1.82) is 0 Å². The molecule has 0 heterocycles. The maximum absolute atomic E-state index is 5.64. The molecule has 1 aromatic rings. The summed E-state index contributed by atoms with van der Waals surface area (Å²) in [5.74, 6) is 1.79. The number of para-hydroxylation sites is 1. The normalized spacial score (nSPS) is 15.2. The van der Waals surface area contributed by atoms with Crippen molar-refractivity contribution in [3.05, 3.63) is 42.0 Å². The highest BCUT2D eigenvalue weighted by molar-refractivity contribution is 5.80. The average molecular weight is 287 g/mol. The standard InChI is InChI=1S/C17H25N3O/c1-3-18-17(20-15-10-6-7-11-15)19-13-14-9-5-8-12-16(14)21-4-2/h5-9,12,15H,3-4,10-11,13H2,1-2H3,(H2,18,19,20). The van der Waals surface area contributed by atoms with Crippen LogP contribution in [-0.2, 0) is 6.54 Å². The summed E-state index contributed by atoms with van der Waals surface area (Å²) in [4.78, 5) is 4.68. The molecule has 2 N–H and O–H groups in total. The summed E-state index contributed by atoms with van der Waals surface area (Å²) in [5.41, 5.74) is 1.11. The molecular weight excluding hydrogens is 262 g/mol. The molecule has 0 radical (unpaired) electrons. The molecule has 0 fully saturated rings. The monoisotopic (exact) mass is 287 g/mol. The van der Waals surface area contributed by atoms with E-state index in [0.717, 1.165) is 36.7 Å². The van der Waals surface area contributed by atoms with E-state index in [1.54, 1.807) is 0 Å². The third-order valence-electron chi connectivity index (χ3n) is 3.37. The summed E-state index contributed by atoms with van der Waals surface area (Å²) in [7, 11) is 0. The molecule has 4 heteroatoms. The van der Waals surface area contributed by atoms with E-state index >= 15 is 0 Å². The second kappa shape index (κ2) is 8.35. The van der Waals surface area contributed by atoms with Gasteiger partial charge in [0.05, 0.1) is 13.2 Å². The highest BCUT2D eigenvalue weighted by atomic mass is 16.5. The van der Waals surface area contributed by atoms with Crippen molar-refractivity contribution in [2.45, 2.75) is 39.3 Å². The summed E-state index contributed by atoms with van der Waals surface area (Å²) < 4.78 is 5.64. The Morgan fingerprint density at radius 2 is 2.00 bits per heavy atom. The molecule has 1 aliphatic rings. The van der Waals surface area contributed by atoms with Crippen molar-refractivity contribution in [2.75, 3.05) is 13.2 Å². The van der Waals surface area contributed by atoms with Crippen LogP contribution in [0.2, 0.25) is 0 Å². The number of rotatable bonds is 6. The number of hydrogen-bond donors (Lipinski definition) is 2. The highest BCUT2D eigenvalue weighted by Gasteiger charge is 2.11. The molecule has 0 unspecified atom stereocenters. The van der Waals surface area contributed by atoms with Crippen LogP contribution in [0.5, 0.6) is 5.75 Å². The van der Waals surface area contributed by atoms with Crippen molar-refractivity contribution in [3.63, 3.8) is 0 Å². The molecule has 1 aliphatic carbocycles. The van der Waals surface area contributed by atoms with Gasteiger partial charge in [0.15, 0.2) is 5.96 Å². The number of guanidine groups is 1. The zero-order chi connectivity index (χ0) is 14.9. The molecule has 2 rings (SSSR count). The molecule has 0 atom stereocenters. The smallest absolute Gasteiger partial charge is 0.191 e. The topological polar surface area (TPSA) is 45.7 Å². The zero-order valence-electron chi connectivity index (χ0n) is 12.9. The van der Waals surface area contributed by atoms with Gasteiger partial charge >= 0.3 is 0 Å². The molecule has 114 valence electrons. The second-order valence-electron chi connectivity index (χ2n) is 5.02. The van der Waals surface area contributed by atoms with E-state index in [1.807, 2.05) is 25.1 Å². The zero-order valence-corrected chi connectivity index (χ0v) is 12.9. The van der Waals surface area contributed by atoms with Gasteiger partial charge in [0.1, 0.15) is 5.75 Å². The summed E-state index contributed by atoms with van der Waals surface area (Å²) in [6.07, 6.45) is 6.57. The Hall–Kier alpha value is -1.97. The molecule has 0 aliphatic heterocycles. The van der Waals surface area contributed by atoms with Crippen molar-refractivity contribution >= 4 is 5.96 Å².